The molecule has 0 aliphatic carbocycles. The normalized spacial score (nSPS) is 9.50. The maximum absolute atomic E-state index is 7.30. The van der Waals surface area contributed by atoms with Gasteiger partial charge in [-0.05, 0) is 35.1 Å². The van der Waals surface area contributed by atoms with Crippen molar-refractivity contribution >= 4 is 36.5 Å². The zero-order valence-corrected chi connectivity index (χ0v) is 15.1. The smallest absolute Gasteiger partial charge is 0.0950 e. The quantitative estimate of drug-likeness (QED) is 0.446. The van der Waals surface area contributed by atoms with E-state index in [-0.39, 0.29) is 36.5 Å². The van der Waals surface area contributed by atoms with Crippen LogP contribution in [0.25, 0.3) is 0 Å². The summed E-state index contributed by atoms with van der Waals surface area (Å²) in [6, 6.07) is 16.5. The van der Waals surface area contributed by atoms with Gasteiger partial charge in [0.15, 0.2) is 0 Å². The molecular weight excluding hydrogens is 343 g/mol. The summed E-state index contributed by atoms with van der Waals surface area (Å²) in [5.74, 6) is 0.386. The lowest BCUT2D eigenvalue weighted by Crippen LogP contribution is -2.12. The van der Waals surface area contributed by atoms with Gasteiger partial charge < -0.3 is 11.5 Å². The van der Waals surface area contributed by atoms with Crippen LogP contribution in [0.1, 0.15) is 22.3 Å². The number of nitrogens with two attached hydrogens (primary N) is 2. The average Bonchev–Trinajstić information content (AvgIpc) is 2.47. The van der Waals surface area contributed by atoms with Crippen LogP contribution in [-0.2, 0) is 25.7 Å². The summed E-state index contributed by atoms with van der Waals surface area (Å²) in [7, 11) is 0. The van der Waals surface area contributed by atoms with Gasteiger partial charge in [-0.25, -0.2) is 0 Å². The van der Waals surface area contributed by atoms with E-state index in [0.29, 0.717) is 12.8 Å². The molecule has 0 amide bonds. The first-order valence-electron chi connectivity index (χ1n) is 7.34. The van der Waals surface area contributed by atoms with E-state index in [1.54, 1.807) is 0 Å². The Bertz CT molecular complexity index is 592. The Hall–Kier alpha value is -2.04. The number of halogens is 2. The molecule has 24 heavy (non-hydrogen) atoms. The van der Waals surface area contributed by atoms with Crippen LogP contribution in [0.4, 0.5) is 0 Å². The highest BCUT2D eigenvalue weighted by Crippen LogP contribution is 2.11. The maximum Gasteiger partial charge on any atom is 0.0950 e. The van der Waals surface area contributed by atoms with Crippen molar-refractivity contribution in [3.05, 3.63) is 70.8 Å². The Morgan fingerprint density at radius 1 is 0.583 bits per heavy atom. The molecule has 0 aliphatic heterocycles. The van der Waals surface area contributed by atoms with Gasteiger partial charge in [0.05, 0.1) is 11.7 Å². The van der Waals surface area contributed by atoms with Crippen molar-refractivity contribution in [3.63, 3.8) is 0 Å². The van der Waals surface area contributed by atoms with Gasteiger partial charge in [-0.2, -0.15) is 0 Å². The number of amidine groups is 2. The molecule has 0 bridgehead atoms. The van der Waals surface area contributed by atoms with Gasteiger partial charge in [0.1, 0.15) is 0 Å². The molecule has 0 atom stereocenters. The van der Waals surface area contributed by atoms with Crippen molar-refractivity contribution in [2.75, 3.05) is 0 Å². The van der Waals surface area contributed by atoms with Gasteiger partial charge in [-0.15, -0.1) is 24.8 Å². The second kappa shape index (κ2) is 10.7. The van der Waals surface area contributed by atoms with E-state index in [1.165, 1.54) is 11.1 Å². The van der Waals surface area contributed by atoms with Crippen LogP contribution in [0.3, 0.4) is 0 Å². The van der Waals surface area contributed by atoms with E-state index in [9.17, 15) is 0 Å². The minimum Gasteiger partial charge on any atom is -0.387 e. The molecule has 0 saturated heterocycles. The first kappa shape index (κ1) is 22.0. The van der Waals surface area contributed by atoms with Crippen LogP contribution in [0, 0.1) is 10.8 Å². The summed E-state index contributed by atoms with van der Waals surface area (Å²) in [5, 5.41) is 14.6. The SMILES string of the molecule is Cl.Cl.N=C(N)Cc1ccc(CCc2ccc(CC(=N)N)cc2)cc1. The molecule has 4 nitrogen and oxygen atoms in total. The lowest BCUT2D eigenvalue weighted by molar-refractivity contribution is 0.957. The minimum absolute atomic E-state index is 0. The highest BCUT2D eigenvalue weighted by Gasteiger charge is 2.00. The van der Waals surface area contributed by atoms with Crippen molar-refractivity contribution in [2.24, 2.45) is 11.5 Å². The molecule has 6 heteroatoms. The molecule has 2 aromatic carbocycles. The minimum atomic E-state index is 0. The van der Waals surface area contributed by atoms with E-state index >= 15 is 0 Å². The van der Waals surface area contributed by atoms with E-state index in [1.807, 2.05) is 24.3 Å². The molecule has 0 aliphatic rings. The van der Waals surface area contributed by atoms with Gasteiger partial charge in [0.25, 0.3) is 0 Å². The molecule has 2 rings (SSSR count). The largest absolute Gasteiger partial charge is 0.387 e. The molecule has 0 spiro atoms. The molecule has 0 fully saturated rings. The van der Waals surface area contributed by atoms with Crippen molar-refractivity contribution in [1.82, 2.24) is 0 Å². The first-order chi connectivity index (χ1) is 10.5. The van der Waals surface area contributed by atoms with Crippen LogP contribution < -0.4 is 11.5 Å². The first-order valence-corrected chi connectivity index (χ1v) is 7.34. The van der Waals surface area contributed by atoms with Crippen LogP contribution in [0.5, 0.6) is 0 Å². The third-order valence-corrected chi connectivity index (χ3v) is 3.54. The predicted octanol–water partition coefficient (Wildman–Crippen LogP) is 3.27. The second-order valence-electron chi connectivity index (χ2n) is 5.54. The van der Waals surface area contributed by atoms with Crippen LogP contribution in [0.15, 0.2) is 48.5 Å². The lowest BCUT2D eigenvalue weighted by Gasteiger charge is -2.06. The standard InChI is InChI=1S/C18H22N4.2ClH/c19-17(20)11-15-7-3-13(4-8-15)1-2-14-5-9-16(10-6-14)12-18(21)22;;/h3-10H,1-2,11-12H2,(H3,19,20)(H3,21,22);2*1H. The fourth-order valence-corrected chi connectivity index (χ4v) is 2.38. The van der Waals surface area contributed by atoms with Gasteiger partial charge in [0, 0.05) is 12.8 Å². The fourth-order valence-electron chi connectivity index (χ4n) is 2.38. The molecule has 130 valence electrons. The summed E-state index contributed by atoms with van der Waals surface area (Å²) in [6.45, 7) is 0. The van der Waals surface area contributed by atoms with Crippen molar-refractivity contribution in [3.8, 4) is 0 Å². The third-order valence-electron chi connectivity index (χ3n) is 3.54. The molecule has 0 heterocycles. The van der Waals surface area contributed by atoms with Gasteiger partial charge in [-0.1, -0.05) is 48.5 Å². The summed E-state index contributed by atoms with van der Waals surface area (Å²) < 4.78 is 0. The highest BCUT2D eigenvalue weighted by molar-refractivity contribution is 5.85. The topological polar surface area (TPSA) is 99.7 Å². The van der Waals surface area contributed by atoms with Gasteiger partial charge in [0.2, 0.25) is 0 Å². The van der Waals surface area contributed by atoms with Gasteiger partial charge in [-0.3, -0.25) is 10.8 Å². The average molecular weight is 367 g/mol. The summed E-state index contributed by atoms with van der Waals surface area (Å²) in [4.78, 5) is 0. The maximum atomic E-state index is 7.30. The number of rotatable bonds is 7. The molecule has 2 aromatic rings. The van der Waals surface area contributed by atoms with E-state index < -0.39 is 0 Å². The molecule has 0 unspecified atom stereocenters. The van der Waals surface area contributed by atoms with E-state index in [4.69, 9.17) is 22.3 Å². The predicted molar refractivity (Wildman–Crippen MR) is 106 cm³/mol. The van der Waals surface area contributed by atoms with Crippen molar-refractivity contribution in [2.45, 2.75) is 25.7 Å². The molecule has 0 saturated carbocycles. The molecular formula is C18H24Cl2N4. The summed E-state index contributed by atoms with van der Waals surface area (Å²) >= 11 is 0. The van der Waals surface area contributed by atoms with Crippen LogP contribution in [-0.4, -0.2) is 11.7 Å². The summed E-state index contributed by atoms with van der Waals surface area (Å²) in [6.07, 6.45) is 2.98. The number of nitrogens with one attached hydrogen (secondary N) is 2. The van der Waals surface area contributed by atoms with Crippen molar-refractivity contribution in [1.29, 1.82) is 10.8 Å². The van der Waals surface area contributed by atoms with E-state index in [0.717, 1.165) is 24.0 Å². The van der Waals surface area contributed by atoms with Crippen LogP contribution in [0.2, 0.25) is 0 Å². The zero-order valence-electron chi connectivity index (χ0n) is 13.4. The molecule has 6 N–H and O–H groups in total. The Morgan fingerprint density at radius 3 is 1.08 bits per heavy atom. The third kappa shape index (κ3) is 7.49. The Labute approximate surface area is 155 Å². The number of hydrogen-bond acceptors (Lipinski definition) is 2. The van der Waals surface area contributed by atoms with Gasteiger partial charge >= 0.3 is 0 Å². The van der Waals surface area contributed by atoms with E-state index in [2.05, 4.69) is 24.3 Å². The Morgan fingerprint density at radius 2 is 0.833 bits per heavy atom. The number of benzene rings is 2. The number of hydrogen-bond donors (Lipinski definition) is 4. The molecule has 0 aromatic heterocycles. The second-order valence-corrected chi connectivity index (χ2v) is 5.54. The number of aryl methyl sites for hydroxylation is 2. The zero-order chi connectivity index (χ0) is 15.9. The Kier molecular flexibility index (Phi) is 9.77. The summed E-state index contributed by atoms with van der Waals surface area (Å²) in [5.41, 5.74) is 15.5. The Balaban J connectivity index is 0.00000264. The monoisotopic (exact) mass is 366 g/mol. The fraction of sp³-hybridized carbons (Fsp3) is 0.222. The van der Waals surface area contributed by atoms with Crippen LogP contribution >= 0.6 is 24.8 Å². The van der Waals surface area contributed by atoms with Crippen molar-refractivity contribution < 1.29 is 0 Å². The highest BCUT2D eigenvalue weighted by atomic mass is 35.5. The molecule has 0 radical (unpaired) electrons. The lowest BCUT2D eigenvalue weighted by atomic mass is 10.0.